The average molecular weight is 392 g/mol. The fraction of sp³-hybridized carbons (Fsp3) is 0.417. The molecule has 5 heteroatoms. The van der Waals surface area contributed by atoms with E-state index >= 15 is 0 Å². The Morgan fingerprint density at radius 3 is 2.69 bits per heavy atom. The first-order valence-electron chi connectivity index (χ1n) is 10.4. The first-order chi connectivity index (χ1) is 14.2. The Morgan fingerprint density at radius 2 is 1.97 bits per heavy atom. The van der Waals surface area contributed by atoms with Gasteiger partial charge in [-0.05, 0) is 66.8 Å². The van der Waals surface area contributed by atoms with Crippen molar-refractivity contribution in [2.45, 2.75) is 32.2 Å². The molecule has 2 aromatic carbocycles. The Labute approximate surface area is 171 Å². The number of fused-ring (bicyclic) bond motifs is 4. The highest BCUT2D eigenvalue weighted by molar-refractivity contribution is 5.95. The second-order valence-corrected chi connectivity index (χ2v) is 7.96. The molecule has 5 nitrogen and oxygen atoms in total. The van der Waals surface area contributed by atoms with Gasteiger partial charge in [0, 0.05) is 29.1 Å². The lowest BCUT2D eigenvalue weighted by Crippen LogP contribution is -2.39. The summed E-state index contributed by atoms with van der Waals surface area (Å²) in [5.41, 5.74) is 7.61. The second kappa shape index (κ2) is 6.99. The molecule has 0 amide bonds. The van der Waals surface area contributed by atoms with Gasteiger partial charge in [0.1, 0.15) is 5.75 Å². The normalized spacial score (nSPS) is 17.7. The summed E-state index contributed by atoms with van der Waals surface area (Å²) < 4.78 is 17.2. The van der Waals surface area contributed by atoms with Gasteiger partial charge in [-0.25, -0.2) is 0 Å². The molecule has 1 aromatic heterocycles. The van der Waals surface area contributed by atoms with E-state index in [1.807, 2.05) is 6.07 Å². The standard InChI is InChI=1S/C24H28N2O3/c1-5-9-26-10-8-14-11-20(28-3)24(29-4)22-21(14)19(26)13-17-16-12-15(27-2)6-7-18(16)25-23(17)22/h6-7,11-12,19,25H,5,8-10,13H2,1-4H3. The lowest BCUT2D eigenvalue weighted by molar-refractivity contribution is 0.182. The predicted molar refractivity (Wildman–Crippen MR) is 115 cm³/mol. The Bertz CT molecular complexity index is 1090. The lowest BCUT2D eigenvalue weighted by atomic mass is 9.78. The summed E-state index contributed by atoms with van der Waals surface area (Å²) in [7, 11) is 5.18. The van der Waals surface area contributed by atoms with Crippen LogP contribution in [0.4, 0.5) is 0 Å². The van der Waals surface area contributed by atoms with Crippen molar-refractivity contribution >= 4 is 10.9 Å². The minimum atomic E-state index is 0.367. The number of H-pyrrole nitrogens is 1. The zero-order valence-electron chi connectivity index (χ0n) is 17.6. The predicted octanol–water partition coefficient (Wildman–Crippen LogP) is 4.73. The maximum Gasteiger partial charge on any atom is 0.170 e. The fourth-order valence-electron chi connectivity index (χ4n) is 5.26. The molecule has 0 spiro atoms. The second-order valence-electron chi connectivity index (χ2n) is 7.96. The quantitative estimate of drug-likeness (QED) is 0.682. The number of aromatic nitrogens is 1. The highest BCUT2D eigenvalue weighted by Crippen LogP contribution is 2.53. The van der Waals surface area contributed by atoms with Crippen molar-refractivity contribution < 1.29 is 14.2 Å². The molecule has 3 aromatic rings. The van der Waals surface area contributed by atoms with Gasteiger partial charge in [0.15, 0.2) is 11.5 Å². The van der Waals surface area contributed by atoms with Crippen molar-refractivity contribution in [2.24, 2.45) is 0 Å². The van der Waals surface area contributed by atoms with Crippen molar-refractivity contribution in [3.63, 3.8) is 0 Å². The maximum atomic E-state index is 5.91. The van der Waals surface area contributed by atoms with Crippen LogP contribution in [0.3, 0.4) is 0 Å². The topological polar surface area (TPSA) is 46.7 Å². The molecule has 29 heavy (non-hydrogen) atoms. The van der Waals surface area contributed by atoms with Crippen LogP contribution >= 0.6 is 0 Å². The minimum Gasteiger partial charge on any atom is -0.497 e. The van der Waals surface area contributed by atoms with Crippen molar-refractivity contribution in [3.05, 3.63) is 41.0 Å². The van der Waals surface area contributed by atoms with Gasteiger partial charge in [-0.1, -0.05) is 6.92 Å². The van der Waals surface area contributed by atoms with E-state index in [4.69, 9.17) is 14.2 Å². The van der Waals surface area contributed by atoms with Crippen LogP contribution in [0.25, 0.3) is 22.2 Å². The fourth-order valence-corrected chi connectivity index (χ4v) is 5.26. The zero-order valence-corrected chi connectivity index (χ0v) is 17.6. The number of methoxy groups -OCH3 is 3. The molecular weight excluding hydrogens is 364 g/mol. The van der Waals surface area contributed by atoms with Crippen LogP contribution in [-0.2, 0) is 12.8 Å². The number of aromatic amines is 1. The van der Waals surface area contributed by atoms with E-state index in [9.17, 15) is 0 Å². The van der Waals surface area contributed by atoms with Crippen LogP contribution in [0.1, 0.15) is 36.1 Å². The molecule has 0 saturated carbocycles. The van der Waals surface area contributed by atoms with Crippen LogP contribution in [0, 0.1) is 0 Å². The minimum absolute atomic E-state index is 0.367. The molecule has 2 aliphatic rings. The van der Waals surface area contributed by atoms with E-state index in [0.29, 0.717) is 6.04 Å². The number of rotatable bonds is 5. The summed E-state index contributed by atoms with van der Waals surface area (Å²) in [5.74, 6) is 2.53. The van der Waals surface area contributed by atoms with Gasteiger partial charge in [0.2, 0.25) is 0 Å². The maximum absolute atomic E-state index is 5.91. The third-order valence-corrected chi connectivity index (χ3v) is 6.51. The molecule has 5 rings (SSSR count). The van der Waals surface area contributed by atoms with Crippen molar-refractivity contribution in [2.75, 3.05) is 34.4 Å². The molecule has 1 aliphatic heterocycles. The Balaban J connectivity index is 1.83. The van der Waals surface area contributed by atoms with Crippen molar-refractivity contribution in [1.29, 1.82) is 0 Å². The Hall–Kier alpha value is -2.66. The van der Waals surface area contributed by atoms with E-state index in [-0.39, 0.29) is 0 Å². The number of benzene rings is 2. The lowest BCUT2D eigenvalue weighted by Gasteiger charge is -2.41. The van der Waals surface area contributed by atoms with Gasteiger partial charge in [-0.3, -0.25) is 4.90 Å². The summed E-state index contributed by atoms with van der Waals surface area (Å²) in [6.07, 6.45) is 3.20. The Morgan fingerprint density at radius 1 is 1.10 bits per heavy atom. The molecule has 0 saturated heterocycles. The van der Waals surface area contributed by atoms with Crippen LogP contribution in [0.5, 0.6) is 17.2 Å². The van der Waals surface area contributed by atoms with E-state index < -0.39 is 0 Å². The van der Waals surface area contributed by atoms with E-state index in [0.717, 1.165) is 60.8 Å². The summed E-state index contributed by atoms with van der Waals surface area (Å²) in [5, 5.41) is 1.23. The van der Waals surface area contributed by atoms with Crippen LogP contribution < -0.4 is 14.2 Å². The highest BCUT2D eigenvalue weighted by Gasteiger charge is 2.38. The molecule has 1 unspecified atom stereocenters. The molecule has 1 N–H and O–H groups in total. The SMILES string of the molecule is CCCN1CCc2cc(OC)c(OC)c3c2C1Cc1c-3[nH]c2ccc(OC)cc12. The molecule has 0 radical (unpaired) electrons. The number of ether oxygens (including phenoxy) is 3. The van der Waals surface area contributed by atoms with Gasteiger partial charge in [0.05, 0.1) is 27.0 Å². The van der Waals surface area contributed by atoms with Gasteiger partial charge in [-0.2, -0.15) is 0 Å². The van der Waals surface area contributed by atoms with Gasteiger partial charge in [-0.15, -0.1) is 0 Å². The number of nitrogens with zero attached hydrogens (tertiary/aromatic N) is 1. The highest BCUT2D eigenvalue weighted by atomic mass is 16.5. The van der Waals surface area contributed by atoms with Gasteiger partial charge in [0.25, 0.3) is 0 Å². The number of nitrogens with one attached hydrogen (secondary N) is 1. The number of hydrogen-bond donors (Lipinski definition) is 1. The molecule has 0 bridgehead atoms. The van der Waals surface area contributed by atoms with Crippen molar-refractivity contribution in [3.8, 4) is 28.5 Å². The number of hydrogen-bond acceptors (Lipinski definition) is 4. The Kier molecular flexibility index (Phi) is 4.43. The largest absolute Gasteiger partial charge is 0.497 e. The summed E-state index contributed by atoms with van der Waals surface area (Å²) in [4.78, 5) is 6.32. The first-order valence-corrected chi connectivity index (χ1v) is 10.4. The summed E-state index contributed by atoms with van der Waals surface area (Å²) >= 11 is 0. The average Bonchev–Trinajstić information content (AvgIpc) is 3.12. The molecule has 1 aliphatic carbocycles. The smallest absolute Gasteiger partial charge is 0.170 e. The van der Waals surface area contributed by atoms with E-state index in [1.54, 1.807) is 21.3 Å². The molecule has 152 valence electrons. The van der Waals surface area contributed by atoms with Crippen molar-refractivity contribution in [1.82, 2.24) is 9.88 Å². The molecule has 0 fully saturated rings. The molecule has 1 atom stereocenters. The van der Waals surface area contributed by atoms with E-state index in [2.05, 4.69) is 35.0 Å². The van der Waals surface area contributed by atoms with Gasteiger partial charge >= 0.3 is 0 Å². The third kappa shape index (κ3) is 2.64. The summed E-state index contributed by atoms with van der Waals surface area (Å²) in [6, 6.07) is 8.82. The molecular formula is C24H28N2O3. The summed E-state index contributed by atoms with van der Waals surface area (Å²) in [6.45, 7) is 4.45. The van der Waals surface area contributed by atoms with E-state index in [1.165, 1.54) is 27.6 Å². The first kappa shape index (κ1) is 18.4. The molecule has 2 heterocycles. The monoisotopic (exact) mass is 392 g/mol. The third-order valence-electron chi connectivity index (χ3n) is 6.51. The van der Waals surface area contributed by atoms with Crippen LogP contribution in [-0.4, -0.2) is 44.3 Å². The van der Waals surface area contributed by atoms with Crippen LogP contribution in [0.2, 0.25) is 0 Å². The zero-order chi connectivity index (χ0) is 20.1. The van der Waals surface area contributed by atoms with Gasteiger partial charge < -0.3 is 19.2 Å². The van der Waals surface area contributed by atoms with Crippen LogP contribution in [0.15, 0.2) is 24.3 Å².